The van der Waals surface area contributed by atoms with E-state index in [0.29, 0.717) is 12.0 Å². The molecule has 1 aromatic carbocycles. The summed E-state index contributed by atoms with van der Waals surface area (Å²) in [6.07, 6.45) is 6.93. The highest BCUT2D eigenvalue weighted by Crippen LogP contribution is 2.32. The molecule has 9 heteroatoms. The molecule has 2 aliphatic heterocycles. The van der Waals surface area contributed by atoms with Gasteiger partial charge >= 0.3 is 0 Å². The van der Waals surface area contributed by atoms with E-state index >= 15 is 0 Å². The highest BCUT2D eigenvalue weighted by molar-refractivity contribution is 5.72. The van der Waals surface area contributed by atoms with Gasteiger partial charge in [0.05, 0.1) is 18.0 Å². The van der Waals surface area contributed by atoms with Gasteiger partial charge in [-0.05, 0) is 30.5 Å². The maximum absolute atomic E-state index is 14.7. The number of nitrogens with one attached hydrogen (secondary N) is 1. The summed E-state index contributed by atoms with van der Waals surface area (Å²) in [6.45, 7) is 0. The first-order valence-electron chi connectivity index (χ1n) is 10.2. The summed E-state index contributed by atoms with van der Waals surface area (Å²) in [6, 6.07) is 5.37. The third-order valence-corrected chi connectivity index (χ3v) is 5.86. The summed E-state index contributed by atoms with van der Waals surface area (Å²) in [4.78, 5) is 4.27. The van der Waals surface area contributed by atoms with Crippen molar-refractivity contribution in [2.45, 2.75) is 50.0 Å². The fourth-order valence-electron chi connectivity index (χ4n) is 4.34. The number of piperidine rings is 2. The number of hydrogen-bond donors (Lipinski definition) is 2. The lowest BCUT2D eigenvalue weighted by molar-refractivity contribution is 0.00628. The Morgan fingerprint density at radius 3 is 2.83 bits per heavy atom. The molecule has 0 spiro atoms. The van der Waals surface area contributed by atoms with Gasteiger partial charge in [0.25, 0.3) is 5.88 Å². The SMILES string of the molecule is Cn1cc(-c2ccc(-c3ncc(O[C@@H]4C[C@H]5CCC[C@H](N5)[C@@H]4F)nn3)c(O)c2)cn1. The number of aryl methyl sites for hydroxylation is 1. The van der Waals surface area contributed by atoms with Gasteiger partial charge in [-0.2, -0.15) is 5.10 Å². The van der Waals surface area contributed by atoms with Gasteiger partial charge in [-0.3, -0.25) is 4.68 Å². The minimum absolute atomic E-state index is 0.0434. The van der Waals surface area contributed by atoms with Gasteiger partial charge in [0.15, 0.2) is 12.0 Å². The molecule has 30 heavy (non-hydrogen) atoms. The van der Waals surface area contributed by atoms with Gasteiger partial charge in [0.2, 0.25) is 0 Å². The molecule has 2 N–H and O–H groups in total. The van der Waals surface area contributed by atoms with Gasteiger partial charge in [-0.25, -0.2) is 9.37 Å². The van der Waals surface area contributed by atoms with Crippen LogP contribution in [0.25, 0.3) is 22.5 Å². The van der Waals surface area contributed by atoms with Gasteiger partial charge in [-0.15, -0.1) is 10.2 Å². The average molecular weight is 410 g/mol. The maximum atomic E-state index is 14.7. The molecule has 4 heterocycles. The van der Waals surface area contributed by atoms with Crippen molar-refractivity contribution >= 4 is 0 Å². The van der Waals surface area contributed by atoms with Crippen molar-refractivity contribution in [1.82, 2.24) is 30.3 Å². The Morgan fingerprint density at radius 2 is 2.10 bits per heavy atom. The predicted molar refractivity (Wildman–Crippen MR) is 108 cm³/mol. The molecule has 2 bridgehead atoms. The first-order chi connectivity index (χ1) is 14.6. The summed E-state index contributed by atoms with van der Waals surface area (Å²) >= 11 is 0. The zero-order chi connectivity index (χ0) is 20.7. The van der Waals surface area contributed by atoms with E-state index in [4.69, 9.17) is 4.74 Å². The minimum Gasteiger partial charge on any atom is -0.507 e. The van der Waals surface area contributed by atoms with Crippen molar-refractivity contribution in [3.8, 4) is 34.1 Å². The molecule has 0 aliphatic carbocycles. The average Bonchev–Trinajstić information content (AvgIpc) is 3.19. The molecule has 5 rings (SSSR count). The van der Waals surface area contributed by atoms with Crippen LogP contribution in [0.5, 0.6) is 11.6 Å². The molecule has 2 aromatic heterocycles. The largest absolute Gasteiger partial charge is 0.507 e. The molecule has 0 amide bonds. The molecule has 0 unspecified atom stereocenters. The van der Waals surface area contributed by atoms with Crippen LogP contribution in [0.1, 0.15) is 25.7 Å². The second-order valence-electron chi connectivity index (χ2n) is 7.99. The molecule has 0 radical (unpaired) electrons. The van der Waals surface area contributed by atoms with Gasteiger partial charge in [0.1, 0.15) is 11.9 Å². The van der Waals surface area contributed by atoms with Crippen LogP contribution in [0.15, 0.2) is 36.8 Å². The number of nitrogens with zero attached hydrogens (tertiary/aromatic N) is 5. The monoisotopic (exact) mass is 410 g/mol. The van der Waals surface area contributed by atoms with Crippen LogP contribution < -0.4 is 10.1 Å². The molecular weight excluding hydrogens is 387 g/mol. The smallest absolute Gasteiger partial charge is 0.252 e. The Labute approximate surface area is 173 Å². The molecule has 156 valence electrons. The number of rotatable bonds is 4. The summed E-state index contributed by atoms with van der Waals surface area (Å²) in [5, 5.41) is 26.1. The first-order valence-corrected chi connectivity index (χ1v) is 10.2. The van der Waals surface area contributed by atoms with E-state index in [1.165, 1.54) is 6.20 Å². The number of alkyl halides is 1. The molecular formula is C21H23FN6O2. The van der Waals surface area contributed by atoms with E-state index < -0.39 is 12.3 Å². The standard InChI is InChI=1S/C21H23FN6O2/c1-28-11-13(9-24-28)12-5-6-15(17(29)7-12)21-23-10-19(26-27-21)30-18-8-14-3-2-4-16(25-14)20(18)22/h5-7,9-11,14,16,18,20,25,29H,2-4,8H2,1H3/t14-,16+,18-,20+/m1/s1. The third-order valence-electron chi connectivity index (χ3n) is 5.86. The van der Waals surface area contributed by atoms with Crippen molar-refractivity contribution < 1.29 is 14.2 Å². The Hall–Kier alpha value is -3.07. The predicted octanol–water partition coefficient (Wildman–Crippen LogP) is 2.64. The zero-order valence-corrected chi connectivity index (χ0v) is 16.6. The second-order valence-corrected chi connectivity index (χ2v) is 7.99. The quantitative estimate of drug-likeness (QED) is 0.682. The van der Waals surface area contributed by atoms with Gasteiger partial charge in [-0.1, -0.05) is 12.5 Å². The minimum atomic E-state index is -1.08. The van der Waals surface area contributed by atoms with Crippen LogP contribution in [0, 0.1) is 0 Å². The van der Waals surface area contributed by atoms with E-state index in [1.807, 2.05) is 19.3 Å². The number of aromatic hydroxyl groups is 1. The lowest BCUT2D eigenvalue weighted by Crippen LogP contribution is -2.59. The van der Waals surface area contributed by atoms with Crippen LogP contribution in [0.2, 0.25) is 0 Å². The second kappa shape index (κ2) is 7.64. The van der Waals surface area contributed by atoms with E-state index in [0.717, 1.165) is 30.4 Å². The Kier molecular flexibility index (Phi) is 4.82. The number of halogens is 1. The van der Waals surface area contributed by atoms with Crippen molar-refractivity contribution in [3.05, 3.63) is 36.8 Å². The zero-order valence-electron chi connectivity index (χ0n) is 16.6. The fraction of sp³-hybridized carbons (Fsp3) is 0.429. The number of benzene rings is 1. The van der Waals surface area contributed by atoms with E-state index in [1.54, 1.807) is 23.0 Å². The molecule has 8 nitrogen and oxygen atoms in total. The van der Waals surface area contributed by atoms with Gasteiger partial charge < -0.3 is 15.2 Å². The molecule has 2 saturated heterocycles. The van der Waals surface area contributed by atoms with Crippen LogP contribution in [0.4, 0.5) is 4.39 Å². The summed E-state index contributed by atoms with van der Waals surface area (Å²) in [5.74, 6) is 0.510. The summed E-state index contributed by atoms with van der Waals surface area (Å²) in [5.41, 5.74) is 2.19. The number of ether oxygens (including phenoxy) is 1. The van der Waals surface area contributed by atoms with Crippen LogP contribution in [0.3, 0.4) is 0 Å². The third kappa shape index (κ3) is 3.60. The molecule has 3 aromatic rings. The number of phenols is 1. The molecule has 2 aliphatic rings. The van der Waals surface area contributed by atoms with Crippen molar-refractivity contribution in [2.75, 3.05) is 0 Å². The van der Waals surface area contributed by atoms with E-state index in [9.17, 15) is 9.50 Å². The van der Waals surface area contributed by atoms with E-state index in [2.05, 4.69) is 25.6 Å². The lowest BCUT2D eigenvalue weighted by atomic mass is 9.84. The fourth-order valence-corrected chi connectivity index (χ4v) is 4.34. The van der Waals surface area contributed by atoms with Crippen LogP contribution in [-0.4, -0.2) is 54.4 Å². The number of phenolic OH excluding ortho intramolecular Hbond substituents is 1. The van der Waals surface area contributed by atoms with Crippen LogP contribution >= 0.6 is 0 Å². The van der Waals surface area contributed by atoms with Crippen molar-refractivity contribution in [1.29, 1.82) is 0 Å². The van der Waals surface area contributed by atoms with Gasteiger partial charge in [0, 0.05) is 37.3 Å². The Bertz CT molecular complexity index is 1040. The number of aromatic nitrogens is 5. The Morgan fingerprint density at radius 1 is 1.20 bits per heavy atom. The highest BCUT2D eigenvalue weighted by Gasteiger charge is 2.41. The maximum Gasteiger partial charge on any atom is 0.252 e. The van der Waals surface area contributed by atoms with Crippen LogP contribution in [-0.2, 0) is 7.05 Å². The van der Waals surface area contributed by atoms with E-state index in [-0.39, 0.29) is 29.5 Å². The lowest BCUT2D eigenvalue weighted by Gasteiger charge is -2.42. The topological polar surface area (TPSA) is 98.0 Å². The number of fused-ring (bicyclic) bond motifs is 2. The number of hydrogen-bond acceptors (Lipinski definition) is 7. The first kappa shape index (κ1) is 18.9. The van der Waals surface area contributed by atoms with Crippen molar-refractivity contribution in [2.24, 2.45) is 7.05 Å². The summed E-state index contributed by atoms with van der Waals surface area (Å²) < 4.78 is 22.2. The Balaban J connectivity index is 1.31. The van der Waals surface area contributed by atoms with Crippen molar-refractivity contribution in [3.63, 3.8) is 0 Å². The summed E-state index contributed by atoms with van der Waals surface area (Å²) in [7, 11) is 1.84. The normalized spacial score (nSPS) is 25.8. The molecule has 0 saturated carbocycles. The molecule has 2 fully saturated rings. The highest BCUT2D eigenvalue weighted by atomic mass is 19.1. The molecule has 4 atom stereocenters.